The van der Waals surface area contributed by atoms with Crippen molar-refractivity contribution in [3.05, 3.63) is 86.5 Å². The first-order valence-electron chi connectivity index (χ1n) is 8.45. The lowest BCUT2D eigenvalue weighted by Gasteiger charge is -2.28. The third-order valence-electron chi connectivity index (χ3n) is 4.56. The molecule has 0 bridgehead atoms. The van der Waals surface area contributed by atoms with E-state index < -0.39 is 5.82 Å². The lowest BCUT2D eigenvalue weighted by atomic mass is 10.0. The van der Waals surface area contributed by atoms with E-state index in [0.29, 0.717) is 46.2 Å². The van der Waals surface area contributed by atoms with E-state index in [1.807, 2.05) is 0 Å². The number of nitrogens with zero attached hydrogens (tertiary/aromatic N) is 2. The van der Waals surface area contributed by atoms with Crippen molar-refractivity contribution in [2.45, 2.75) is 13.0 Å². The Morgan fingerprint density at radius 3 is 2.78 bits per heavy atom. The summed E-state index contributed by atoms with van der Waals surface area (Å²) in [6.45, 7) is 0.585. The largest absolute Gasteiger partial charge is 0.334 e. The lowest BCUT2D eigenvalue weighted by molar-refractivity contribution is 0.0733. The van der Waals surface area contributed by atoms with E-state index in [1.165, 1.54) is 12.1 Å². The predicted octanol–water partition coefficient (Wildman–Crippen LogP) is 3.43. The monoisotopic (exact) mass is 383 g/mol. The molecule has 0 saturated heterocycles. The Morgan fingerprint density at radius 1 is 1.19 bits per heavy atom. The van der Waals surface area contributed by atoms with Gasteiger partial charge in [-0.3, -0.25) is 9.59 Å². The lowest BCUT2D eigenvalue weighted by Crippen LogP contribution is -2.39. The minimum absolute atomic E-state index is 0.158. The Balaban J connectivity index is 1.65. The minimum atomic E-state index is -0.399. The molecule has 1 amide bonds. The first kappa shape index (κ1) is 17.4. The number of aromatic amines is 1. The van der Waals surface area contributed by atoms with Crippen LogP contribution in [0.25, 0.3) is 11.4 Å². The molecule has 1 aliphatic heterocycles. The van der Waals surface area contributed by atoms with Gasteiger partial charge in [0, 0.05) is 18.5 Å². The summed E-state index contributed by atoms with van der Waals surface area (Å²) in [5.74, 6) is -0.298. The molecule has 5 nitrogen and oxygen atoms in total. The third kappa shape index (κ3) is 3.36. The second-order valence-electron chi connectivity index (χ2n) is 6.31. The fourth-order valence-electron chi connectivity index (χ4n) is 3.18. The van der Waals surface area contributed by atoms with Gasteiger partial charge in [0.15, 0.2) is 0 Å². The van der Waals surface area contributed by atoms with Crippen molar-refractivity contribution in [2.75, 3.05) is 6.54 Å². The Bertz CT molecular complexity index is 1100. The van der Waals surface area contributed by atoms with Crippen LogP contribution in [0.2, 0.25) is 5.02 Å². The van der Waals surface area contributed by atoms with Crippen molar-refractivity contribution in [3.63, 3.8) is 0 Å². The number of fused-ring (bicyclic) bond motifs is 1. The Morgan fingerprint density at radius 2 is 2.00 bits per heavy atom. The molecule has 0 radical (unpaired) electrons. The normalized spacial score (nSPS) is 13.3. The van der Waals surface area contributed by atoms with Crippen molar-refractivity contribution >= 4 is 17.5 Å². The van der Waals surface area contributed by atoms with Crippen molar-refractivity contribution in [2.24, 2.45) is 0 Å². The maximum Gasteiger partial charge on any atom is 0.256 e. The van der Waals surface area contributed by atoms with E-state index in [0.717, 1.165) is 0 Å². The summed E-state index contributed by atoms with van der Waals surface area (Å²) in [7, 11) is 0. The van der Waals surface area contributed by atoms with E-state index >= 15 is 0 Å². The Kier molecular flexibility index (Phi) is 4.49. The molecule has 0 aliphatic carbocycles. The quantitative estimate of drug-likeness (QED) is 0.737. The van der Waals surface area contributed by atoms with E-state index in [4.69, 9.17) is 11.6 Å². The standard InChI is InChI=1S/C20H15ClFN3O2/c21-16-7-2-1-6-14(16)20(27)25-9-8-17-15(11-25)19(26)24-18(23-17)12-4-3-5-13(22)10-12/h1-7,10H,8-9,11H2,(H,23,24,26). The zero-order chi connectivity index (χ0) is 19.0. The van der Waals surface area contributed by atoms with Gasteiger partial charge in [0.2, 0.25) is 0 Å². The van der Waals surface area contributed by atoms with Crippen molar-refractivity contribution in [1.82, 2.24) is 14.9 Å². The maximum atomic E-state index is 13.5. The maximum absolute atomic E-state index is 13.5. The number of H-pyrrole nitrogens is 1. The number of benzene rings is 2. The van der Waals surface area contributed by atoms with Crippen LogP contribution in [0.3, 0.4) is 0 Å². The number of amides is 1. The molecule has 1 aliphatic rings. The van der Waals surface area contributed by atoms with Crippen molar-refractivity contribution in [3.8, 4) is 11.4 Å². The molecular formula is C20H15ClFN3O2. The molecule has 2 aromatic carbocycles. The number of carbonyl (C=O) groups excluding carboxylic acids is 1. The van der Waals surface area contributed by atoms with Gasteiger partial charge >= 0.3 is 0 Å². The highest BCUT2D eigenvalue weighted by Crippen LogP contribution is 2.23. The predicted molar refractivity (Wildman–Crippen MR) is 100 cm³/mol. The Labute approximate surface area is 159 Å². The second kappa shape index (κ2) is 6.96. The molecule has 27 heavy (non-hydrogen) atoms. The van der Waals surface area contributed by atoms with Gasteiger partial charge in [-0.2, -0.15) is 0 Å². The highest BCUT2D eigenvalue weighted by atomic mass is 35.5. The minimum Gasteiger partial charge on any atom is -0.334 e. The average Bonchev–Trinajstić information content (AvgIpc) is 2.67. The summed E-state index contributed by atoms with van der Waals surface area (Å²) >= 11 is 6.11. The molecule has 0 saturated carbocycles. The highest BCUT2D eigenvalue weighted by molar-refractivity contribution is 6.33. The number of rotatable bonds is 2. The number of nitrogens with one attached hydrogen (secondary N) is 1. The van der Waals surface area contributed by atoms with E-state index in [9.17, 15) is 14.0 Å². The third-order valence-corrected chi connectivity index (χ3v) is 4.89. The van der Waals surface area contributed by atoms with E-state index in [-0.39, 0.29) is 18.0 Å². The van der Waals surface area contributed by atoms with Crippen LogP contribution in [0.4, 0.5) is 4.39 Å². The molecule has 7 heteroatoms. The highest BCUT2D eigenvalue weighted by Gasteiger charge is 2.26. The van der Waals surface area contributed by atoms with E-state index in [2.05, 4.69) is 9.97 Å². The molecular weight excluding hydrogens is 369 g/mol. The molecule has 3 aromatic rings. The molecule has 2 heterocycles. The van der Waals surface area contributed by atoms with Gasteiger partial charge in [0.1, 0.15) is 11.6 Å². The first-order chi connectivity index (χ1) is 13.0. The van der Waals surface area contributed by atoms with Gasteiger partial charge < -0.3 is 9.88 Å². The summed E-state index contributed by atoms with van der Waals surface area (Å²) in [4.78, 5) is 34.1. The van der Waals surface area contributed by atoms with Gasteiger partial charge in [-0.05, 0) is 24.3 Å². The van der Waals surface area contributed by atoms with Crippen LogP contribution in [0.5, 0.6) is 0 Å². The van der Waals surface area contributed by atoms with Crippen LogP contribution in [-0.4, -0.2) is 27.3 Å². The molecule has 1 N–H and O–H groups in total. The summed E-state index contributed by atoms with van der Waals surface area (Å²) in [5.41, 5.74) is 1.66. The van der Waals surface area contributed by atoms with Crippen molar-refractivity contribution in [1.29, 1.82) is 0 Å². The summed E-state index contributed by atoms with van der Waals surface area (Å²) in [6, 6.07) is 12.7. The van der Waals surface area contributed by atoms with Crippen LogP contribution in [-0.2, 0) is 13.0 Å². The zero-order valence-corrected chi connectivity index (χ0v) is 15.0. The number of hydrogen-bond acceptors (Lipinski definition) is 3. The van der Waals surface area contributed by atoms with Gasteiger partial charge in [0.25, 0.3) is 11.5 Å². The smallest absolute Gasteiger partial charge is 0.256 e. The topological polar surface area (TPSA) is 66.1 Å². The van der Waals surface area contributed by atoms with Gasteiger partial charge in [-0.1, -0.05) is 35.9 Å². The van der Waals surface area contributed by atoms with Gasteiger partial charge in [-0.15, -0.1) is 0 Å². The molecule has 4 rings (SSSR count). The first-order valence-corrected chi connectivity index (χ1v) is 8.82. The van der Waals surface area contributed by atoms with Crippen LogP contribution in [0, 0.1) is 5.82 Å². The SMILES string of the molecule is O=C(c1ccccc1Cl)N1CCc2nc(-c3cccc(F)c3)[nH]c(=O)c2C1. The summed E-state index contributed by atoms with van der Waals surface area (Å²) < 4.78 is 13.5. The summed E-state index contributed by atoms with van der Waals surface area (Å²) in [6.07, 6.45) is 0.442. The van der Waals surface area contributed by atoms with E-state index in [1.54, 1.807) is 41.3 Å². The molecule has 0 atom stereocenters. The molecule has 1 aromatic heterocycles. The summed E-state index contributed by atoms with van der Waals surface area (Å²) in [5, 5.41) is 0.377. The zero-order valence-electron chi connectivity index (χ0n) is 14.2. The fourth-order valence-corrected chi connectivity index (χ4v) is 3.39. The average molecular weight is 384 g/mol. The van der Waals surface area contributed by atoms with Gasteiger partial charge in [0.05, 0.1) is 28.4 Å². The number of carbonyl (C=O) groups is 1. The molecule has 0 unspecified atom stereocenters. The fraction of sp³-hybridized carbons (Fsp3) is 0.150. The molecule has 0 spiro atoms. The molecule has 136 valence electrons. The van der Waals surface area contributed by atoms with Crippen LogP contribution < -0.4 is 5.56 Å². The number of halogens is 2. The van der Waals surface area contributed by atoms with Crippen LogP contribution in [0.15, 0.2) is 53.3 Å². The number of hydrogen-bond donors (Lipinski definition) is 1. The van der Waals surface area contributed by atoms with Crippen LogP contribution in [0.1, 0.15) is 21.6 Å². The van der Waals surface area contributed by atoms with Crippen molar-refractivity contribution < 1.29 is 9.18 Å². The molecule has 0 fully saturated rings. The number of aromatic nitrogens is 2. The van der Waals surface area contributed by atoms with Crippen LogP contribution >= 0.6 is 11.6 Å². The van der Waals surface area contributed by atoms with Gasteiger partial charge in [-0.25, -0.2) is 9.37 Å². The second-order valence-corrected chi connectivity index (χ2v) is 6.71. The Hall–Kier alpha value is -2.99.